The molecule has 0 heterocycles. The third-order valence-electron chi connectivity index (χ3n) is 3.84. The topological polar surface area (TPSA) is 17.1 Å². The van der Waals surface area contributed by atoms with Crippen LogP contribution in [0.2, 0.25) is 0 Å². The molecular weight excluding hydrogens is 196 g/mol. The summed E-state index contributed by atoms with van der Waals surface area (Å²) in [7, 11) is 0. The van der Waals surface area contributed by atoms with E-state index in [0.717, 1.165) is 37.7 Å². The molecule has 2 aliphatic rings. The van der Waals surface area contributed by atoms with Gasteiger partial charge in [-0.05, 0) is 43.2 Å². The summed E-state index contributed by atoms with van der Waals surface area (Å²) in [5.41, 5.74) is 2.16. The molecule has 1 nitrogen and oxygen atoms in total. The van der Waals surface area contributed by atoms with Crippen molar-refractivity contribution >= 4 is 5.78 Å². The molecule has 2 aliphatic carbocycles. The largest absolute Gasteiger partial charge is 0.294 e. The summed E-state index contributed by atoms with van der Waals surface area (Å²) in [5, 5.41) is 0. The third-order valence-corrected chi connectivity index (χ3v) is 3.84. The first-order valence-electron chi connectivity index (χ1n) is 6.12. The second-order valence-electron chi connectivity index (χ2n) is 4.90. The average molecular weight is 212 g/mol. The zero-order valence-electron chi connectivity index (χ0n) is 9.41. The second-order valence-corrected chi connectivity index (χ2v) is 4.90. The van der Waals surface area contributed by atoms with Gasteiger partial charge in [0.2, 0.25) is 0 Å². The van der Waals surface area contributed by atoms with E-state index in [1.54, 1.807) is 0 Å². The summed E-state index contributed by atoms with van der Waals surface area (Å²) in [6.07, 6.45) is 7.46. The lowest BCUT2D eigenvalue weighted by Gasteiger charge is -2.15. The minimum absolute atomic E-state index is 0.141. The van der Waals surface area contributed by atoms with Crippen molar-refractivity contribution in [1.29, 1.82) is 0 Å². The Morgan fingerprint density at radius 3 is 2.44 bits per heavy atom. The zero-order valence-corrected chi connectivity index (χ0v) is 9.41. The van der Waals surface area contributed by atoms with E-state index < -0.39 is 0 Å². The van der Waals surface area contributed by atoms with Crippen LogP contribution in [0.5, 0.6) is 0 Å². The first-order valence-corrected chi connectivity index (χ1v) is 6.12. The smallest absolute Gasteiger partial charge is 0.169 e. The van der Waals surface area contributed by atoms with Crippen LogP contribution in [0.1, 0.15) is 37.7 Å². The first kappa shape index (κ1) is 9.83. The van der Waals surface area contributed by atoms with Gasteiger partial charge < -0.3 is 0 Å². The molecule has 0 atom stereocenters. The van der Waals surface area contributed by atoms with E-state index in [4.69, 9.17) is 0 Å². The highest BCUT2D eigenvalue weighted by Crippen LogP contribution is 2.51. The van der Waals surface area contributed by atoms with Gasteiger partial charge in [-0.25, -0.2) is 0 Å². The molecule has 0 aliphatic heterocycles. The first-order chi connectivity index (χ1) is 7.83. The van der Waals surface area contributed by atoms with E-state index in [9.17, 15) is 4.79 Å². The summed E-state index contributed by atoms with van der Waals surface area (Å²) in [6.45, 7) is 0. The van der Waals surface area contributed by atoms with E-state index in [1.807, 2.05) is 18.2 Å². The molecule has 0 N–H and O–H groups in total. The number of ketones is 1. The van der Waals surface area contributed by atoms with Crippen LogP contribution in [0, 0.1) is 0 Å². The highest BCUT2D eigenvalue weighted by atomic mass is 16.1. The van der Waals surface area contributed by atoms with Crippen LogP contribution in [0.3, 0.4) is 0 Å². The monoisotopic (exact) mass is 212 g/mol. The molecule has 1 aromatic carbocycles. The minimum atomic E-state index is -0.141. The van der Waals surface area contributed by atoms with Gasteiger partial charge in [0, 0.05) is 0 Å². The average Bonchev–Trinajstić information content (AvgIpc) is 2.97. The SMILES string of the molecule is O=C(C1=CCCC1)C1(c2ccccc2)CC1. The normalized spacial score (nSPS) is 21.6. The number of rotatable bonds is 3. The number of carbonyl (C=O) groups excluding carboxylic acids is 1. The van der Waals surface area contributed by atoms with Crippen LogP contribution in [0.4, 0.5) is 0 Å². The lowest BCUT2D eigenvalue weighted by molar-refractivity contribution is -0.118. The summed E-state index contributed by atoms with van der Waals surface area (Å²) >= 11 is 0. The molecule has 0 amide bonds. The maximum atomic E-state index is 12.5. The van der Waals surface area contributed by atoms with Crippen molar-refractivity contribution in [2.75, 3.05) is 0 Å². The minimum Gasteiger partial charge on any atom is -0.294 e. The fourth-order valence-corrected chi connectivity index (χ4v) is 2.71. The summed E-state index contributed by atoms with van der Waals surface area (Å²) in [6, 6.07) is 10.3. The predicted molar refractivity (Wildman–Crippen MR) is 64.3 cm³/mol. The van der Waals surface area contributed by atoms with Crippen molar-refractivity contribution in [3.05, 3.63) is 47.5 Å². The molecule has 1 aromatic rings. The number of benzene rings is 1. The van der Waals surface area contributed by atoms with Crippen LogP contribution < -0.4 is 0 Å². The molecule has 1 heteroatoms. The van der Waals surface area contributed by atoms with Gasteiger partial charge in [0.15, 0.2) is 5.78 Å². The maximum absolute atomic E-state index is 12.5. The van der Waals surface area contributed by atoms with Gasteiger partial charge in [-0.3, -0.25) is 4.79 Å². The summed E-state index contributed by atoms with van der Waals surface area (Å²) in [5.74, 6) is 0.399. The number of hydrogen-bond donors (Lipinski definition) is 0. The van der Waals surface area contributed by atoms with Crippen LogP contribution in [-0.4, -0.2) is 5.78 Å². The molecule has 0 aromatic heterocycles. The van der Waals surface area contributed by atoms with E-state index in [2.05, 4.69) is 18.2 Å². The van der Waals surface area contributed by atoms with Crippen LogP contribution in [-0.2, 0) is 10.2 Å². The van der Waals surface area contributed by atoms with Crippen molar-refractivity contribution in [3.8, 4) is 0 Å². The van der Waals surface area contributed by atoms with Gasteiger partial charge in [-0.2, -0.15) is 0 Å². The van der Waals surface area contributed by atoms with Crippen molar-refractivity contribution in [2.24, 2.45) is 0 Å². The highest BCUT2D eigenvalue weighted by Gasteiger charge is 2.51. The molecule has 0 spiro atoms. The lowest BCUT2D eigenvalue weighted by Crippen LogP contribution is -2.21. The Labute approximate surface area is 96.2 Å². The Bertz CT molecular complexity index is 438. The van der Waals surface area contributed by atoms with Gasteiger partial charge in [0.25, 0.3) is 0 Å². The van der Waals surface area contributed by atoms with E-state index in [1.165, 1.54) is 5.56 Å². The molecular formula is C15H16O. The molecule has 16 heavy (non-hydrogen) atoms. The second kappa shape index (κ2) is 3.58. The molecule has 3 rings (SSSR count). The zero-order chi connectivity index (χ0) is 11.0. The lowest BCUT2D eigenvalue weighted by atomic mass is 9.87. The van der Waals surface area contributed by atoms with Crippen LogP contribution >= 0.6 is 0 Å². The molecule has 0 bridgehead atoms. The van der Waals surface area contributed by atoms with E-state index >= 15 is 0 Å². The predicted octanol–water partition coefficient (Wildman–Crippen LogP) is 3.40. The number of carbonyl (C=O) groups is 1. The van der Waals surface area contributed by atoms with E-state index in [0.29, 0.717) is 5.78 Å². The molecule has 0 unspecified atom stereocenters. The van der Waals surface area contributed by atoms with Gasteiger partial charge in [0.1, 0.15) is 0 Å². The standard InChI is InChI=1S/C15H16O/c16-14(12-6-4-5-7-12)15(10-11-15)13-8-2-1-3-9-13/h1-3,6,8-9H,4-5,7,10-11H2. The van der Waals surface area contributed by atoms with Crippen LogP contribution in [0.15, 0.2) is 42.0 Å². The van der Waals surface area contributed by atoms with Gasteiger partial charge >= 0.3 is 0 Å². The van der Waals surface area contributed by atoms with Gasteiger partial charge in [-0.15, -0.1) is 0 Å². The van der Waals surface area contributed by atoms with Crippen molar-refractivity contribution in [1.82, 2.24) is 0 Å². The molecule has 1 saturated carbocycles. The summed E-state index contributed by atoms with van der Waals surface area (Å²) < 4.78 is 0. The number of hydrogen-bond acceptors (Lipinski definition) is 1. The fourth-order valence-electron chi connectivity index (χ4n) is 2.71. The Balaban J connectivity index is 1.92. The molecule has 1 fully saturated rings. The quantitative estimate of drug-likeness (QED) is 0.750. The van der Waals surface area contributed by atoms with Gasteiger partial charge in [-0.1, -0.05) is 36.4 Å². The summed E-state index contributed by atoms with van der Waals surface area (Å²) in [4.78, 5) is 12.5. The Hall–Kier alpha value is -1.37. The van der Waals surface area contributed by atoms with E-state index in [-0.39, 0.29) is 5.41 Å². The number of allylic oxidation sites excluding steroid dienone is 2. The Kier molecular flexibility index (Phi) is 2.20. The molecule has 82 valence electrons. The Morgan fingerprint density at radius 2 is 1.88 bits per heavy atom. The molecule has 0 radical (unpaired) electrons. The van der Waals surface area contributed by atoms with Gasteiger partial charge in [0.05, 0.1) is 5.41 Å². The fraction of sp³-hybridized carbons (Fsp3) is 0.400. The van der Waals surface area contributed by atoms with Crippen molar-refractivity contribution < 1.29 is 4.79 Å². The highest BCUT2D eigenvalue weighted by molar-refractivity contribution is 6.05. The van der Waals surface area contributed by atoms with Crippen molar-refractivity contribution in [3.63, 3.8) is 0 Å². The maximum Gasteiger partial charge on any atom is 0.169 e. The Morgan fingerprint density at radius 1 is 1.12 bits per heavy atom. The number of Topliss-reactive ketones (excluding diaryl/α,β-unsaturated/α-hetero) is 1. The van der Waals surface area contributed by atoms with Crippen molar-refractivity contribution in [2.45, 2.75) is 37.5 Å². The molecule has 0 saturated heterocycles. The van der Waals surface area contributed by atoms with Crippen LogP contribution in [0.25, 0.3) is 0 Å². The third kappa shape index (κ3) is 1.42.